The molecule has 1 N–H and O–H groups in total. The third-order valence-corrected chi connectivity index (χ3v) is 5.66. The normalized spacial score (nSPS) is 16.3. The molecule has 0 spiro atoms. The van der Waals surface area contributed by atoms with Gasteiger partial charge in [0.1, 0.15) is 0 Å². The van der Waals surface area contributed by atoms with Crippen molar-refractivity contribution >= 4 is 5.91 Å². The minimum atomic E-state index is -0.143. The van der Waals surface area contributed by atoms with Crippen LogP contribution in [0.25, 0.3) is 5.69 Å². The number of hydrogen-bond acceptors (Lipinski definition) is 4. The Morgan fingerprint density at radius 2 is 1.63 bits per heavy atom. The largest absolute Gasteiger partial charge is 0.343 e. The SMILES string of the molecule is Cc1cc(C(=O)NC(CN2CCN(C)CC2)c2ccccc2)nn1-c1ccccc1. The molecule has 3 aromatic rings. The maximum absolute atomic E-state index is 13.1. The predicted octanol–water partition coefficient (Wildman–Crippen LogP) is 2.90. The number of nitrogens with one attached hydrogen (secondary N) is 1. The number of hydrogen-bond donors (Lipinski definition) is 1. The summed E-state index contributed by atoms with van der Waals surface area (Å²) < 4.78 is 1.81. The van der Waals surface area contributed by atoms with Gasteiger partial charge in [0.15, 0.2) is 5.69 Å². The summed E-state index contributed by atoms with van der Waals surface area (Å²) in [5.41, 5.74) is 3.44. The van der Waals surface area contributed by atoms with Gasteiger partial charge in [0.25, 0.3) is 5.91 Å². The second kappa shape index (κ2) is 9.24. The van der Waals surface area contributed by atoms with Gasteiger partial charge in [-0.3, -0.25) is 9.69 Å². The molecule has 6 nitrogen and oxygen atoms in total. The Morgan fingerprint density at radius 3 is 2.30 bits per heavy atom. The zero-order valence-corrected chi connectivity index (χ0v) is 17.7. The quantitative estimate of drug-likeness (QED) is 0.688. The molecule has 0 saturated carbocycles. The molecule has 4 rings (SSSR count). The number of carbonyl (C=O) groups is 1. The minimum Gasteiger partial charge on any atom is -0.343 e. The summed E-state index contributed by atoms with van der Waals surface area (Å²) in [5, 5.41) is 7.80. The topological polar surface area (TPSA) is 53.4 Å². The van der Waals surface area contributed by atoms with Gasteiger partial charge >= 0.3 is 0 Å². The maximum atomic E-state index is 13.1. The Morgan fingerprint density at radius 1 is 1.00 bits per heavy atom. The van der Waals surface area contributed by atoms with Gasteiger partial charge in [-0.15, -0.1) is 0 Å². The molecule has 1 aromatic heterocycles. The van der Waals surface area contributed by atoms with Crippen LogP contribution in [0.2, 0.25) is 0 Å². The highest BCUT2D eigenvalue weighted by atomic mass is 16.2. The Kier molecular flexibility index (Phi) is 6.26. The summed E-state index contributed by atoms with van der Waals surface area (Å²) in [7, 11) is 2.15. The van der Waals surface area contributed by atoms with Crippen molar-refractivity contribution in [2.24, 2.45) is 0 Å². The summed E-state index contributed by atoms with van der Waals surface area (Å²) in [6.45, 7) is 6.89. The third kappa shape index (κ3) is 4.78. The first-order valence-corrected chi connectivity index (χ1v) is 10.5. The van der Waals surface area contributed by atoms with Crippen molar-refractivity contribution in [2.75, 3.05) is 39.8 Å². The van der Waals surface area contributed by atoms with Crippen LogP contribution in [0.15, 0.2) is 66.7 Å². The van der Waals surface area contributed by atoms with Crippen LogP contribution in [0.4, 0.5) is 0 Å². The first-order valence-electron chi connectivity index (χ1n) is 10.5. The lowest BCUT2D eigenvalue weighted by molar-refractivity contribution is 0.0902. The van der Waals surface area contributed by atoms with Crippen molar-refractivity contribution < 1.29 is 4.79 Å². The number of carbonyl (C=O) groups excluding carboxylic acids is 1. The fraction of sp³-hybridized carbons (Fsp3) is 0.333. The maximum Gasteiger partial charge on any atom is 0.272 e. The van der Waals surface area contributed by atoms with Crippen molar-refractivity contribution in [2.45, 2.75) is 13.0 Å². The number of aromatic nitrogens is 2. The zero-order valence-electron chi connectivity index (χ0n) is 17.7. The van der Waals surface area contributed by atoms with Crippen molar-refractivity contribution in [3.05, 3.63) is 83.7 Å². The van der Waals surface area contributed by atoms with Crippen molar-refractivity contribution in [1.82, 2.24) is 24.9 Å². The lowest BCUT2D eigenvalue weighted by atomic mass is 10.1. The van der Waals surface area contributed by atoms with Gasteiger partial charge in [0, 0.05) is 38.4 Å². The van der Waals surface area contributed by atoms with E-state index in [4.69, 9.17) is 0 Å². The lowest BCUT2D eigenvalue weighted by Gasteiger charge is -2.35. The van der Waals surface area contributed by atoms with Crippen LogP contribution < -0.4 is 5.32 Å². The highest BCUT2D eigenvalue weighted by Gasteiger charge is 2.23. The van der Waals surface area contributed by atoms with Crippen LogP contribution >= 0.6 is 0 Å². The van der Waals surface area contributed by atoms with Gasteiger partial charge in [0.2, 0.25) is 0 Å². The van der Waals surface area contributed by atoms with Crippen LogP contribution in [0.5, 0.6) is 0 Å². The molecular weight excluding hydrogens is 374 g/mol. The fourth-order valence-electron chi connectivity index (χ4n) is 3.86. The molecule has 6 heteroatoms. The Hall–Kier alpha value is -2.96. The van der Waals surface area contributed by atoms with E-state index in [0.717, 1.165) is 49.7 Å². The third-order valence-electron chi connectivity index (χ3n) is 5.66. The van der Waals surface area contributed by atoms with Gasteiger partial charge in [-0.2, -0.15) is 5.10 Å². The van der Waals surface area contributed by atoms with E-state index in [-0.39, 0.29) is 11.9 Å². The Balaban J connectivity index is 1.52. The predicted molar refractivity (Wildman–Crippen MR) is 119 cm³/mol. The van der Waals surface area contributed by atoms with Gasteiger partial charge in [-0.1, -0.05) is 48.5 Å². The van der Waals surface area contributed by atoms with Crippen LogP contribution in [-0.2, 0) is 0 Å². The van der Waals surface area contributed by atoms with Crippen molar-refractivity contribution in [3.8, 4) is 5.69 Å². The minimum absolute atomic E-state index is 0.0794. The molecule has 1 atom stereocenters. The zero-order chi connectivity index (χ0) is 20.9. The van der Waals surface area contributed by atoms with E-state index in [1.807, 2.05) is 66.2 Å². The average molecular weight is 404 g/mol. The van der Waals surface area contributed by atoms with E-state index in [2.05, 4.69) is 39.4 Å². The van der Waals surface area contributed by atoms with Crippen molar-refractivity contribution in [1.29, 1.82) is 0 Å². The number of rotatable bonds is 6. The fourth-order valence-corrected chi connectivity index (χ4v) is 3.86. The first kappa shape index (κ1) is 20.3. The molecule has 1 fully saturated rings. The van der Waals surface area contributed by atoms with Gasteiger partial charge < -0.3 is 10.2 Å². The van der Waals surface area contributed by atoms with Crippen LogP contribution in [0, 0.1) is 6.92 Å². The summed E-state index contributed by atoms with van der Waals surface area (Å²) in [5.74, 6) is -0.143. The standard InChI is InChI=1S/C24H29N5O/c1-19-17-22(26-29(19)21-11-7-4-8-12-21)24(30)25-23(20-9-5-3-6-10-20)18-28-15-13-27(2)14-16-28/h3-12,17,23H,13-16,18H2,1-2H3,(H,25,30). The number of piperazine rings is 1. The first-order chi connectivity index (χ1) is 14.6. The van der Waals surface area contributed by atoms with Gasteiger partial charge in [-0.25, -0.2) is 4.68 Å². The molecule has 0 bridgehead atoms. The number of likely N-dealkylation sites (N-methyl/N-ethyl adjacent to an activating group) is 1. The molecule has 0 radical (unpaired) electrons. The Bertz CT molecular complexity index is 962. The lowest BCUT2D eigenvalue weighted by Crippen LogP contribution is -2.47. The van der Waals surface area contributed by atoms with Crippen LogP contribution in [0.3, 0.4) is 0 Å². The molecule has 1 aliphatic rings. The number of amides is 1. The molecular formula is C24H29N5O. The van der Waals surface area contributed by atoms with Crippen LogP contribution in [0.1, 0.15) is 27.8 Å². The molecule has 1 amide bonds. The second-order valence-corrected chi connectivity index (χ2v) is 7.96. The van der Waals surface area contributed by atoms with Gasteiger partial charge in [-0.05, 0) is 37.7 Å². The monoisotopic (exact) mass is 403 g/mol. The van der Waals surface area contributed by atoms with E-state index < -0.39 is 0 Å². The average Bonchev–Trinajstić information content (AvgIpc) is 3.18. The highest BCUT2D eigenvalue weighted by Crippen LogP contribution is 2.17. The molecule has 0 aliphatic carbocycles. The summed E-state index contributed by atoms with van der Waals surface area (Å²) >= 11 is 0. The molecule has 156 valence electrons. The van der Waals surface area contributed by atoms with E-state index in [1.54, 1.807) is 0 Å². The molecule has 1 unspecified atom stereocenters. The highest BCUT2D eigenvalue weighted by molar-refractivity contribution is 5.92. The summed E-state index contributed by atoms with van der Waals surface area (Å²) in [6, 6.07) is 21.9. The number of para-hydroxylation sites is 1. The van der Waals surface area contributed by atoms with Crippen molar-refractivity contribution in [3.63, 3.8) is 0 Å². The molecule has 30 heavy (non-hydrogen) atoms. The van der Waals surface area contributed by atoms with Gasteiger partial charge in [0.05, 0.1) is 11.7 Å². The second-order valence-electron chi connectivity index (χ2n) is 7.96. The van der Waals surface area contributed by atoms with Crippen LogP contribution in [-0.4, -0.2) is 65.3 Å². The molecule has 1 aliphatic heterocycles. The Labute approximate surface area is 178 Å². The molecule has 2 aromatic carbocycles. The number of nitrogens with zero attached hydrogens (tertiary/aromatic N) is 4. The number of aryl methyl sites for hydroxylation is 1. The smallest absolute Gasteiger partial charge is 0.272 e. The van der Waals surface area contributed by atoms with E-state index in [0.29, 0.717) is 5.69 Å². The summed E-state index contributed by atoms with van der Waals surface area (Å²) in [6.07, 6.45) is 0. The molecule has 1 saturated heterocycles. The summed E-state index contributed by atoms with van der Waals surface area (Å²) in [4.78, 5) is 17.9. The number of benzene rings is 2. The van der Waals surface area contributed by atoms with E-state index in [9.17, 15) is 4.79 Å². The molecule has 2 heterocycles. The van der Waals surface area contributed by atoms with E-state index >= 15 is 0 Å². The van der Waals surface area contributed by atoms with E-state index in [1.165, 1.54) is 0 Å².